The Morgan fingerprint density at radius 1 is 1.24 bits per heavy atom. The van der Waals surface area contributed by atoms with Crippen molar-refractivity contribution in [2.75, 3.05) is 11.4 Å². The minimum atomic E-state index is 0.0970. The molecule has 21 heavy (non-hydrogen) atoms. The first kappa shape index (κ1) is 12.3. The van der Waals surface area contributed by atoms with E-state index in [9.17, 15) is 9.90 Å². The van der Waals surface area contributed by atoms with Gasteiger partial charge in [0.15, 0.2) is 5.82 Å². The first-order valence-electron chi connectivity index (χ1n) is 7.16. The first-order chi connectivity index (χ1) is 10.2. The van der Waals surface area contributed by atoms with Crippen LogP contribution in [0.3, 0.4) is 0 Å². The predicted molar refractivity (Wildman–Crippen MR) is 77.9 cm³/mol. The van der Waals surface area contributed by atoms with Gasteiger partial charge in [-0.15, -0.1) is 0 Å². The summed E-state index contributed by atoms with van der Waals surface area (Å²) in [6.45, 7) is 0.763. The number of hydrogen-bond donors (Lipinski definition) is 1. The second-order valence-corrected chi connectivity index (χ2v) is 5.70. The molecule has 0 radical (unpaired) electrons. The predicted octanol–water partition coefficient (Wildman–Crippen LogP) is 2.15. The van der Waals surface area contributed by atoms with E-state index in [1.165, 1.54) is 12.8 Å². The Kier molecular flexibility index (Phi) is 2.67. The zero-order valence-electron chi connectivity index (χ0n) is 11.5. The summed E-state index contributed by atoms with van der Waals surface area (Å²) in [6.07, 6.45) is 4.44. The van der Waals surface area contributed by atoms with Crippen molar-refractivity contribution in [2.45, 2.75) is 19.3 Å². The highest BCUT2D eigenvalue weighted by Crippen LogP contribution is 2.35. The number of aromatic hydroxyl groups is 1. The van der Waals surface area contributed by atoms with Crippen molar-refractivity contribution in [3.05, 3.63) is 36.2 Å². The fourth-order valence-electron chi connectivity index (χ4n) is 2.62. The third-order valence-corrected chi connectivity index (χ3v) is 4.00. The molecule has 1 saturated carbocycles. The summed E-state index contributed by atoms with van der Waals surface area (Å²) in [4.78, 5) is 22.9. The van der Waals surface area contributed by atoms with Crippen LogP contribution in [0.4, 0.5) is 5.82 Å². The summed E-state index contributed by atoms with van der Waals surface area (Å²) in [5, 5.41) is 9.35. The van der Waals surface area contributed by atoms with E-state index in [2.05, 4.69) is 9.97 Å². The third kappa shape index (κ3) is 2.24. The number of rotatable bonds is 3. The molecule has 2 aliphatic rings. The van der Waals surface area contributed by atoms with Gasteiger partial charge in [-0.25, -0.2) is 4.98 Å². The van der Waals surface area contributed by atoms with Gasteiger partial charge in [-0.2, -0.15) is 0 Å². The van der Waals surface area contributed by atoms with E-state index < -0.39 is 0 Å². The molecule has 1 aliphatic heterocycles. The van der Waals surface area contributed by atoms with Gasteiger partial charge in [0.2, 0.25) is 5.91 Å². The number of fused-ring (bicyclic) bond motifs is 1. The third-order valence-electron chi connectivity index (χ3n) is 4.00. The Bertz CT molecular complexity index is 708. The average Bonchev–Trinajstić information content (AvgIpc) is 3.25. The number of phenols is 1. The summed E-state index contributed by atoms with van der Waals surface area (Å²) in [5.74, 6) is 1.65. The number of aromatic nitrogens is 2. The highest BCUT2D eigenvalue weighted by Gasteiger charge is 2.34. The quantitative estimate of drug-likeness (QED) is 0.936. The van der Waals surface area contributed by atoms with Gasteiger partial charge in [0, 0.05) is 12.1 Å². The Balaban J connectivity index is 1.71. The number of nitrogens with zero attached hydrogens (tertiary/aromatic N) is 3. The lowest BCUT2D eigenvalue weighted by Crippen LogP contribution is -2.29. The van der Waals surface area contributed by atoms with Crippen molar-refractivity contribution < 1.29 is 9.90 Å². The van der Waals surface area contributed by atoms with Crippen LogP contribution in [-0.2, 0) is 11.2 Å². The minimum Gasteiger partial charge on any atom is -0.508 e. The van der Waals surface area contributed by atoms with E-state index in [1.807, 2.05) is 0 Å². The molecule has 0 spiro atoms. The maximum Gasteiger partial charge on any atom is 0.234 e. The van der Waals surface area contributed by atoms with Crippen molar-refractivity contribution in [3.63, 3.8) is 0 Å². The molecule has 0 unspecified atom stereocenters. The lowest BCUT2D eigenvalue weighted by molar-refractivity contribution is -0.117. The van der Waals surface area contributed by atoms with Crippen LogP contribution in [0.15, 0.2) is 30.5 Å². The zero-order chi connectivity index (χ0) is 14.4. The number of phenolic OH excluding ortho intramolecular Hbond substituents is 1. The van der Waals surface area contributed by atoms with E-state index in [0.717, 1.165) is 23.5 Å². The van der Waals surface area contributed by atoms with E-state index in [-0.39, 0.29) is 11.7 Å². The second-order valence-electron chi connectivity index (χ2n) is 5.70. The Morgan fingerprint density at radius 2 is 2.00 bits per heavy atom. The molecular formula is C16H15N3O2. The van der Waals surface area contributed by atoms with Gasteiger partial charge in [-0.05, 0) is 43.0 Å². The maximum absolute atomic E-state index is 12.1. The van der Waals surface area contributed by atoms with Crippen LogP contribution in [0.25, 0.3) is 11.3 Å². The average molecular weight is 281 g/mol. The molecule has 5 heteroatoms. The fraction of sp³-hybridized carbons (Fsp3) is 0.312. The lowest BCUT2D eigenvalue weighted by atomic mass is 10.1. The van der Waals surface area contributed by atoms with Gasteiger partial charge in [0.1, 0.15) is 5.75 Å². The van der Waals surface area contributed by atoms with E-state index in [1.54, 1.807) is 35.4 Å². The summed E-state index contributed by atoms with van der Waals surface area (Å²) >= 11 is 0. The fourth-order valence-corrected chi connectivity index (χ4v) is 2.62. The van der Waals surface area contributed by atoms with Gasteiger partial charge in [-0.3, -0.25) is 14.7 Å². The number of carbonyl (C=O) groups is 1. The summed E-state index contributed by atoms with van der Waals surface area (Å²) in [5.41, 5.74) is 2.38. The molecule has 106 valence electrons. The van der Waals surface area contributed by atoms with Crippen molar-refractivity contribution in [1.82, 2.24) is 9.97 Å². The normalized spacial score (nSPS) is 17.1. The van der Waals surface area contributed by atoms with Crippen molar-refractivity contribution in [3.8, 4) is 17.0 Å². The van der Waals surface area contributed by atoms with Crippen LogP contribution in [-0.4, -0.2) is 27.5 Å². The Labute approximate surface area is 122 Å². The molecule has 1 fully saturated rings. The summed E-state index contributed by atoms with van der Waals surface area (Å²) < 4.78 is 0. The highest BCUT2D eigenvalue weighted by molar-refractivity contribution is 5.99. The summed E-state index contributed by atoms with van der Waals surface area (Å²) in [7, 11) is 0. The Hall–Kier alpha value is -2.43. The number of benzene rings is 1. The van der Waals surface area contributed by atoms with Crippen LogP contribution in [0, 0.1) is 5.92 Å². The minimum absolute atomic E-state index is 0.0970. The van der Waals surface area contributed by atoms with Gasteiger partial charge >= 0.3 is 0 Å². The zero-order valence-corrected chi connectivity index (χ0v) is 11.5. The monoisotopic (exact) mass is 281 g/mol. The van der Waals surface area contributed by atoms with Crippen LogP contribution in [0.1, 0.15) is 18.5 Å². The van der Waals surface area contributed by atoms with Crippen LogP contribution in [0.2, 0.25) is 0 Å². The molecule has 1 aromatic heterocycles. The molecular weight excluding hydrogens is 266 g/mol. The van der Waals surface area contributed by atoms with E-state index in [4.69, 9.17) is 0 Å². The van der Waals surface area contributed by atoms with Gasteiger partial charge in [0.25, 0.3) is 0 Å². The van der Waals surface area contributed by atoms with Crippen molar-refractivity contribution >= 4 is 11.7 Å². The Morgan fingerprint density at radius 3 is 2.71 bits per heavy atom. The molecule has 1 N–H and O–H groups in total. The van der Waals surface area contributed by atoms with Crippen molar-refractivity contribution in [1.29, 1.82) is 0 Å². The summed E-state index contributed by atoms with van der Waals surface area (Å²) in [6, 6.07) is 6.84. The molecule has 1 amide bonds. The van der Waals surface area contributed by atoms with E-state index >= 15 is 0 Å². The molecule has 0 saturated heterocycles. The molecule has 2 heterocycles. The second kappa shape index (κ2) is 4.55. The van der Waals surface area contributed by atoms with Crippen LogP contribution < -0.4 is 4.90 Å². The van der Waals surface area contributed by atoms with Gasteiger partial charge in [0.05, 0.1) is 24.0 Å². The smallest absolute Gasteiger partial charge is 0.234 e. The largest absolute Gasteiger partial charge is 0.508 e. The molecule has 0 atom stereocenters. The van der Waals surface area contributed by atoms with Crippen LogP contribution >= 0.6 is 0 Å². The first-order valence-corrected chi connectivity index (χ1v) is 7.16. The lowest BCUT2D eigenvalue weighted by Gasteiger charge is -2.16. The number of hydrogen-bond acceptors (Lipinski definition) is 4. The topological polar surface area (TPSA) is 66.3 Å². The molecule has 5 nitrogen and oxygen atoms in total. The molecule has 1 aliphatic carbocycles. The number of carbonyl (C=O) groups excluding carboxylic acids is 1. The molecule has 0 bridgehead atoms. The highest BCUT2D eigenvalue weighted by atomic mass is 16.3. The molecule has 1 aromatic carbocycles. The van der Waals surface area contributed by atoms with Crippen LogP contribution in [0.5, 0.6) is 5.75 Å². The standard InChI is InChI=1S/C16H15N3O2/c20-12-5-3-11(4-6-12)14-8-17-13-7-15(21)19(16(13)18-14)9-10-1-2-10/h3-6,8,10,20H,1-2,7,9H2. The van der Waals surface area contributed by atoms with Gasteiger partial charge < -0.3 is 5.11 Å². The van der Waals surface area contributed by atoms with Gasteiger partial charge in [-0.1, -0.05) is 0 Å². The number of amides is 1. The number of anilines is 1. The molecule has 2 aromatic rings. The SMILES string of the molecule is O=C1Cc2ncc(-c3ccc(O)cc3)nc2N1CC1CC1. The van der Waals surface area contributed by atoms with Crippen molar-refractivity contribution in [2.24, 2.45) is 5.92 Å². The van der Waals surface area contributed by atoms with E-state index in [0.29, 0.717) is 18.2 Å². The maximum atomic E-state index is 12.1. The molecule has 4 rings (SSSR count).